The van der Waals surface area contributed by atoms with Crippen LogP contribution < -0.4 is 4.74 Å². The molecule has 7 nitrogen and oxygen atoms in total. The Hall–Kier alpha value is -0.800. The van der Waals surface area contributed by atoms with E-state index in [2.05, 4.69) is 0 Å². The van der Waals surface area contributed by atoms with Crippen molar-refractivity contribution in [3.63, 3.8) is 0 Å². The summed E-state index contributed by atoms with van der Waals surface area (Å²) in [7, 11) is 0. The monoisotopic (exact) mass is 372 g/mol. The molecule has 1 aliphatic rings. The number of rotatable bonds is 3. The van der Waals surface area contributed by atoms with Crippen LogP contribution in [-0.2, 0) is 9.53 Å². The first-order valence-corrected chi connectivity index (χ1v) is 7.09. The first kappa shape index (κ1) is 17.6. The topological polar surface area (TPSA) is 116 Å². The standard InChI is InChI=1S/C12H11Cl3O7/c13-3-1-4(14)9(5(15)2-3)21-12-8(18)6(16)7(17)10(22-12)11(19)20/h1-2,6-8,10,12,16-18H,(H,19,20)/t6-,7-,8+,10-,12+/m0/s1. The van der Waals surface area contributed by atoms with Crippen molar-refractivity contribution in [1.82, 2.24) is 0 Å². The fourth-order valence-electron chi connectivity index (χ4n) is 1.91. The molecule has 0 aromatic heterocycles. The third kappa shape index (κ3) is 3.41. The van der Waals surface area contributed by atoms with Crippen molar-refractivity contribution < 1.29 is 34.7 Å². The first-order chi connectivity index (χ1) is 10.2. The lowest BCUT2D eigenvalue weighted by Gasteiger charge is -2.38. The average Bonchev–Trinajstić information content (AvgIpc) is 2.42. The van der Waals surface area contributed by atoms with E-state index in [1.165, 1.54) is 12.1 Å². The predicted octanol–water partition coefficient (Wildman–Crippen LogP) is 0.918. The van der Waals surface area contributed by atoms with Gasteiger partial charge in [-0.25, -0.2) is 4.79 Å². The van der Waals surface area contributed by atoms with Gasteiger partial charge in [-0.3, -0.25) is 0 Å². The highest BCUT2D eigenvalue weighted by molar-refractivity contribution is 6.40. The van der Waals surface area contributed by atoms with Gasteiger partial charge in [-0.15, -0.1) is 0 Å². The SMILES string of the molecule is O=C(O)[C@H]1O[C@@H](Oc2c(Cl)cc(Cl)cc2Cl)[C@H](O)[C@@H](O)[C@@H]1O. The van der Waals surface area contributed by atoms with Crippen molar-refractivity contribution >= 4 is 40.8 Å². The summed E-state index contributed by atoms with van der Waals surface area (Å²) in [6, 6.07) is 2.64. The Kier molecular flexibility index (Phi) is 5.39. The van der Waals surface area contributed by atoms with Gasteiger partial charge < -0.3 is 29.9 Å². The predicted molar refractivity (Wildman–Crippen MR) is 76.4 cm³/mol. The molecule has 0 unspecified atom stereocenters. The lowest BCUT2D eigenvalue weighted by atomic mass is 9.99. The highest BCUT2D eigenvalue weighted by Gasteiger charge is 2.48. The summed E-state index contributed by atoms with van der Waals surface area (Å²) in [5.74, 6) is -1.63. The normalized spacial score (nSPS) is 31.8. The Bertz CT molecular complexity index is 559. The van der Waals surface area contributed by atoms with Crippen LogP contribution in [0.2, 0.25) is 15.1 Å². The van der Waals surface area contributed by atoms with E-state index in [4.69, 9.17) is 49.4 Å². The fourth-order valence-corrected chi connectivity index (χ4v) is 2.81. The lowest BCUT2D eigenvalue weighted by Crippen LogP contribution is -2.61. The van der Waals surface area contributed by atoms with Crippen LogP contribution in [0, 0.1) is 0 Å². The van der Waals surface area contributed by atoms with Crippen LogP contribution in [0.25, 0.3) is 0 Å². The minimum Gasteiger partial charge on any atom is -0.479 e. The van der Waals surface area contributed by atoms with Crippen LogP contribution in [0.5, 0.6) is 5.75 Å². The van der Waals surface area contributed by atoms with Crippen molar-refractivity contribution in [1.29, 1.82) is 0 Å². The van der Waals surface area contributed by atoms with Gasteiger partial charge >= 0.3 is 5.97 Å². The quantitative estimate of drug-likeness (QED) is 0.622. The second-order valence-electron chi connectivity index (χ2n) is 4.55. The summed E-state index contributed by atoms with van der Waals surface area (Å²) in [5.41, 5.74) is 0. The van der Waals surface area contributed by atoms with Gasteiger partial charge in [0.2, 0.25) is 6.29 Å². The van der Waals surface area contributed by atoms with Gasteiger partial charge in [-0.05, 0) is 12.1 Å². The molecule has 1 saturated heterocycles. The molecular weight excluding hydrogens is 362 g/mol. The molecule has 0 spiro atoms. The summed E-state index contributed by atoms with van der Waals surface area (Å²) >= 11 is 17.6. The molecule has 1 heterocycles. The average molecular weight is 374 g/mol. The van der Waals surface area contributed by atoms with E-state index in [1.807, 2.05) is 0 Å². The summed E-state index contributed by atoms with van der Waals surface area (Å²) in [4.78, 5) is 11.0. The number of aliphatic hydroxyl groups is 3. The summed E-state index contributed by atoms with van der Waals surface area (Å²) in [6.07, 6.45) is -8.70. The molecule has 0 radical (unpaired) electrons. The maximum atomic E-state index is 11.0. The van der Waals surface area contributed by atoms with E-state index in [9.17, 15) is 20.1 Å². The number of hydrogen-bond acceptors (Lipinski definition) is 6. The summed E-state index contributed by atoms with van der Waals surface area (Å²) in [6.45, 7) is 0. The molecule has 0 saturated carbocycles. The van der Waals surface area contributed by atoms with Gasteiger partial charge in [0.1, 0.15) is 18.3 Å². The van der Waals surface area contributed by atoms with Gasteiger partial charge in [0.25, 0.3) is 0 Å². The largest absolute Gasteiger partial charge is 0.479 e. The maximum Gasteiger partial charge on any atom is 0.335 e. The Morgan fingerprint density at radius 1 is 1.05 bits per heavy atom. The smallest absolute Gasteiger partial charge is 0.335 e. The molecule has 122 valence electrons. The second kappa shape index (κ2) is 6.76. The Morgan fingerprint density at radius 2 is 1.59 bits per heavy atom. The highest BCUT2D eigenvalue weighted by atomic mass is 35.5. The van der Waals surface area contributed by atoms with Crippen LogP contribution in [0.1, 0.15) is 0 Å². The van der Waals surface area contributed by atoms with Crippen molar-refractivity contribution in [2.24, 2.45) is 0 Å². The van der Waals surface area contributed by atoms with Gasteiger partial charge in [0, 0.05) is 5.02 Å². The highest BCUT2D eigenvalue weighted by Crippen LogP contribution is 2.37. The van der Waals surface area contributed by atoms with Gasteiger partial charge in [0.15, 0.2) is 11.9 Å². The van der Waals surface area contributed by atoms with E-state index in [0.717, 1.165) is 0 Å². The van der Waals surface area contributed by atoms with Crippen molar-refractivity contribution in [2.45, 2.75) is 30.7 Å². The molecule has 22 heavy (non-hydrogen) atoms. The van der Waals surface area contributed by atoms with Crippen molar-refractivity contribution in [3.8, 4) is 5.75 Å². The summed E-state index contributed by atoms with van der Waals surface area (Å²) in [5, 5.41) is 38.3. The number of carbonyl (C=O) groups is 1. The van der Waals surface area contributed by atoms with Gasteiger partial charge in [-0.2, -0.15) is 0 Å². The van der Waals surface area contributed by atoms with Crippen LogP contribution in [0.15, 0.2) is 12.1 Å². The van der Waals surface area contributed by atoms with E-state index < -0.39 is 36.7 Å². The molecule has 0 bridgehead atoms. The van der Waals surface area contributed by atoms with Gasteiger partial charge in [0.05, 0.1) is 10.0 Å². The lowest BCUT2D eigenvalue weighted by molar-refractivity contribution is -0.271. The Balaban J connectivity index is 2.27. The molecule has 10 heteroatoms. The first-order valence-electron chi connectivity index (χ1n) is 5.96. The van der Waals surface area contributed by atoms with Crippen LogP contribution in [-0.4, -0.2) is 57.1 Å². The number of carboxylic acids is 1. The number of halogens is 3. The molecule has 1 aromatic rings. The van der Waals surface area contributed by atoms with Crippen LogP contribution in [0.4, 0.5) is 0 Å². The van der Waals surface area contributed by atoms with Crippen LogP contribution >= 0.6 is 34.8 Å². The fraction of sp³-hybridized carbons (Fsp3) is 0.417. The second-order valence-corrected chi connectivity index (χ2v) is 5.80. The zero-order valence-electron chi connectivity index (χ0n) is 10.7. The van der Waals surface area contributed by atoms with E-state index in [1.54, 1.807) is 0 Å². The minimum absolute atomic E-state index is 0.000728. The van der Waals surface area contributed by atoms with Crippen LogP contribution in [0.3, 0.4) is 0 Å². The molecule has 0 amide bonds. The molecule has 4 N–H and O–H groups in total. The number of benzene rings is 1. The molecule has 1 fully saturated rings. The van der Waals surface area contributed by atoms with Crippen molar-refractivity contribution in [3.05, 3.63) is 27.2 Å². The molecular formula is C12H11Cl3O7. The summed E-state index contributed by atoms with van der Waals surface area (Å²) < 4.78 is 10.2. The molecule has 5 atom stereocenters. The van der Waals surface area contributed by atoms with Gasteiger partial charge in [-0.1, -0.05) is 34.8 Å². The zero-order valence-corrected chi connectivity index (χ0v) is 13.0. The maximum absolute atomic E-state index is 11.0. The number of aliphatic carboxylic acids is 1. The minimum atomic E-state index is -1.82. The van der Waals surface area contributed by atoms with Crippen molar-refractivity contribution in [2.75, 3.05) is 0 Å². The number of aliphatic hydroxyl groups excluding tert-OH is 3. The molecule has 0 aliphatic carbocycles. The number of hydrogen-bond donors (Lipinski definition) is 4. The van der Waals surface area contributed by atoms with E-state index in [-0.39, 0.29) is 20.8 Å². The Morgan fingerprint density at radius 3 is 2.09 bits per heavy atom. The molecule has 2 rings (SSSR count). The third-order valence-corrected chi connectivity index (χ3v) is 3.79. The van der Waals surface area contributed by atoms with E-state index >= 15 is 0 Å². The Labute approximate surface area is 139 Å². The zero-order chi connectivity index (χ0) is 16.6. The molecule has 1 aliphatic heterocycles. The third-order valence-electron chi connectivity index (χ3n) is 3.01. The van der Waals surface area contributed by atoms with E-state index in [0.29, 0.717) is 0 Å². The number of ether oxygens (including phenoxy) is 2. The molecule has 1 aromatic carbocycles. The number of carboxylic acid groups (broad SMARTS) is 1.